The van der Waals surface area contributed by atoms with Crippen LogP contribution < -0.4 is 20.7 Å². The van der Waals surface area contributed by atoms with E-state index in [9.17, 15) is 9.59 Å². The summed E-state index contributed by atoms with van der Waals surface area (Å²) in [6.07, 6.45) is 2.17. The summed E-state index contributed by atoms with van der Waals surface area (Å²) >= 11 is 5.21. The first-order valence-corrected chi connectivity index (χ1v) is 9.67. The molecule has 0 aliphatic carbocycles. The number of amides is 2. The van der Waals surface area contributed by atoms with Crippen LogP contribution >= 0.6 is 12.2 Å². The average Bonchev–Trinajstić information content (AvgIpc) is 2.67. The summed E-state index contributed by atoms with van der Waals surface area (Å²) in [6.45, 7) is 4.62. The van der Waals surface area contributed by atoms with E-state index in [-0.39, 0.29) is 16.9 Å². The van der Waals surface area contributed by atoms with Gasteiger partial charge in [0.25, 0.3) is 5.91 Å². The van der Waals surface area contributed by atoms with Crippen LogP contribution in [0.5, 0.6) is 5.75 Å². The van der Waals surface area contributed by atoms with Crippen LogP contribution in [0.25, 0.3) is 0 Å². The van der Waals surface area contributed by atoms with Gasteiger partial charge in [0, 0.05) is 23.4 Å². The molecule has 2 rings (SSSR count). The van der Waals surface area contributed by atoms with Gasteiger partial charge in [-0.25, -0.2) is 0 Å². The SMILES string of the molecule is CCCOc1ccc(C(=O)NC(=S)Nc2cccc(NC(=O)CCC)c2)cc1. The summed E-state index contributed by atoms with van der Waals surface area (Å²) < 4.78 is 5.50. The van der Waals surface area contributed by atoms with E-state index in [2.05, 4.69) is 16.0 Å². The first-order valence-electron chi connectivity index (χ1n) is 9.27. The molecular weight excluding hydrogens is 374 g/mol. The smallest absolute Gasteiger partial charge is 0.257 e. The van der Waals surface area contributed by atoms with Gasteiger partial charge < -0.3 is 15.4 Å². The molecule has 0 aliphatic rings. The fourth-order valence-electron chi connectivity index (χ4n) is 2.39. The highest BCUT2D eigenvalue weighted by Crippen LogP contribution is 2.16. The number of thiocarbonyl (C=S) groups is 1. The topological polar surface area (TPSA) is 79.5 Å². The maximum atomic E-state index is 12.3. The molecule has 28 heavy (non-hydrogen) atoms. The second kappa shape index (κ2) is 11.0. The van der Waals surface area contributed by atoms with Gasteiger partial charge in [-0.2, -0.15) is 0 Å². The lowest BCUT2D eigenvalue weighted by molar-refractivity contribution is -0.116. The molecule has 2 aromatic carbocycles. The van der Waals surface area contributed by atoms with Gasteiger partial charge in [0.05, 0.1) is 6.61 Å². The molecule has 0 unspecified atom stereocenters. The molecule has 148 valence electrons. The molecule has 0 aromatic heterocycles. The number of anilines is 2. The Labute approximate surface area is 170 Å². The van der Waals surface area contributed by atoms with Gasteiger partial charge in [0.15, 0.2) is 5.11 Å². The summed E-state index contributed by atoms with van der Waals surface area (Å²) in [5.41, 5.74) is 1.82. The Morgan fingerprint density at radius 3 is 2.29 bits per heavy atom. The maximum Gasteiger partial charge on any atom is 0.257 e. The fourth-order valence-corrected chi connectivity index (χ4v) is 2.60. The lowest BCUT2D eigenvalue weighted by Crippen LogP contribution is -2.34. The number of hydrogen-bond acceptors (Lipinski definition) is 4. The minimum absolute atomic E-state index is 0.0399. The third kappa shape index (κ3) is 7.00. The molecule has 2 amide bonds. The van der Waals surface area contributed by atoms with E-state index in [4.69, 9.17) is 17.0 Å². The van der Waals surface area contributed by atoms with Crippen molar-refractivity contribution in [2.45, 2.75) is 33.1 Å². The van der Waals surface area contributed by atoms with Crippen LogP contribution in [0.2, 0.25) is 0 Å². The highest BCUT2D eigenvalue weighted by molar-refractivity contribution is 7.80. The summed E-state index contributed by atoms with van der Waals surface area (Å²) in [5, 5.41) is 8.59. The first kappa shape index (κ1) is 21.4. The first-order chi connectivity index (χ1) is 13.5. The molecule has 0 spiro atoms. The van der Waals surface area contributed by atoms with Gasteiger partial charge in [-0.15, -0.1) is 0 Å². The predicted molar refractivity (Wildman–Crippen MR) is 116 cm³/mol. The second-order valence-corrected chi connectivity index (χ2v) is 6.57. The summed E-state index contributed by atoms with van der Waals surface area (Å²) in [5.74, 6) is 0.370. The Kier molecular flexibility index (Phi) is 8.42. The molecule has 3 N–H and O–H groups in total. The number of ether oxygens (including phenoxy) is 1. The van der Waals surface area contributed by atoms with Crippen molar-refractivity contribution in [2.75, 3.05) is 17.2 Å². The van der Waals surface area contributed by atoms with Gasteiger partial charge in [0.1, 0.15) is 5.75 Å². The van der Waals surface area contributed by atoms with Gasteiger partial charge in [-0.3, -0.25) is 14.9 Å². The molecule has 6 nitrogen and oxygen atoms in total. The van der Waals surface area contributed by atoms with E-state index in [1.165, 1.54) is 0 Å². The van der Waals surface area contributed by atoms with E-state index >= 15 is 0 Å². The Bertz CT molecular complexity index is 822. The van der Waals surface area contributed by atoms with Gasteiger partial charge in [0.2, 0.25) is 5.91 Å². The van der Waals surface area contributed by atoms with E-state index in [0.29, 0.717) is 30.0 Å². The minimum atomic E-state index is -0.313. The zero-order chi connectivity index (χ0) is 20.4. The lowest BCUT2D eigenvalue weighted by atomic mass is 10.2. The third-order valence-electron chi connectivity index (χ3n) is 3.70. The van der Waals surface area contributed by atoms with E-state index in [1.807, 2.05) is 13.8 Å². The second-order valence-electron chi connectivity index (χ2n) is 6.16. The van der Waals surface area contributed by atoms with Crippen molar-refractivity contribution in [3.63, 3.8) is 0 Å². The van der Waals surface area contributed by atoms with Crippen molar-refractivity contribution in [2.24, 2.45) is 0 Å². The fraction of sp³-hybridized carbons (Fsp3) is 0.286. The van der Waals surface area contributed by atoms with Crippen LogP contribution in [-0.4, -0.2) is 23.5 Å². The minimum Gasteiger partial charge on any atom is -0.494 e. The number of benzene rings is 2. The normalized spacial score (nSPS) is 10.1. The molecule has 0 atom stereocenters. The van der Waals surface area contributed by atoms with Gasteiger partial charge >= 0.3 is 0 Å². The molecule has 0 aliphatic heterocycles. The number of rotatable bonds is 8. The van der Waals surface area contributed by atoms with Crippen molar-refractivity contribution in [1.29, 1.82) is 0 Å². The Hall–Kier alpha value is -2.93. The maximum absolute atomic E-state index is 12.3. The van der Waals surface area contributed by atoms with Crippen LogP contribution in [0.4, 0.5) is 11.4 Å². The van der Waals surface area contributed by atoms with Crippen molar-refractivity contribution in [3.8, 4) is 5.75 Å². The number of nitrogens with one attached hydrogen (secondary N) is 3. The number of hydrogen-bond donors (Lipinski definition) is 3. The van der Waals surface area contributed by atoms with E-state index in [1.54, 1.807) is 48.5 Å². The highest BCUT2D eigenvalue weighted by atomic mass is 32.1. The van der Waals surface area contributed by atoms with E-state index in [0.717, 1.165) is 18.6 Å². The molecular formula is C21H25N3O3S. The molecule has 0 saturated heterocycles. The standard InChI is InChI=1S/C21H25N3O3S/c1-3-6-19(25)22-16-7-5-8-17(14-16)23-21(28)24-20(26)15-9-11-18(12-10-15)27-13-4-2/h5,7-12,14H,3-4,6,13H2,1-2H3,(H,22,25)(H2,23,24,26,28). The monoisotopic (exact) mass is 399 g/mol. The van der Waals surface area contributed by atoms with Crippen LogP contribution in [0.1, 0.15) is 43.5 Å². The van der Waals surface area contributed by atoms with Gasteiger partial charge in [-0.1, -0.05) is 19.9 Å². The molecule has 0 radical (unpaired) electrons. The zero-order valence-electron chi connectivity index (χ0n) is 16.1. The van der Waals surface area contributed by atoms with Crippen molar-refractivity contribution in [1.82, 2.24) is 5.32 Å². The summed E-state index contributed by atoms with van der Waals surface area (Å²) in [7, 11) is 0. The average molecular weight is 400 g/mol. The molecule has 0 bridgehead atoms. The van der Waals surface area contributed by atoms with Crippen molar-refractivity contribution in [3.05, 3.63) is 54.1 Å². The quantitative estimate of drug-likeness (QED) is 0.576. The highest BCUT2D eigenvalue weighted by Gasteiger charge is 2.09. The van der Waals surface area contributed by atoms with Crippen molar-refractivity contribution < 1.29 is 14.3 Å². The van der Waals surface area contributed by atoms with Crippen molar-refractivity contribution >= 4 is 40.5 Å². The zero-order valence-corrected chi connectivity index (χ0v) is 16.9. The van der Waals surface area contributed by atoms with Crippen LogP contribution in [0, 0.1) is 0 Å². The third-order valence-corrected chi connectivity index (χ3v) is 3.90. The molecule has 0 fully saturated rings. The van der Waals surface area contributed by atoms with Crippen LogP contribution in [0.3, 0.4) is 0 Å². The Balaban J connectivity index is 1.91. The molecule has 7 heteroatoms. The van der Waals surface area contributed by atoms with Crippen LogP contribution in [-0.2, 0) is 4.79 Å². The molecule has 0 heterocycles. The number of carbonyl (C=O) groups is 2. The van der Waals surface area contributed by atoms with Crippen LogP contribution in [0.15, 0.2) is 48.5 Å². The van der Waals surface area contributed by atoms with Gasteiger partial charge in [-0.05, 0) is 67.5 Å². The lowest BCUT2D eigenvalue weighted by Gasteiger charge is -2.12. The molecule has 2 aromatic rings. The largest absolute Gasteiger partial charge is 0.494 e. The summed E-state index contributed by atoms with van der Waals surface area (Å²) in [4.78, 5) is 24.0. The number of carbonyl (C=O) groups excluding carboxylic acids is 2. The van der Waals surface area contributed by atoms with E-state index < -0.39 is 0 Å². The Morgan fingerprint density at radius 2 is 1.64 bits per heavy atom. The summed E-state index contributed by atoms with van der Waals surface area (Å²) in [6, 6.07) is 14.0. The molecule has 0 saturated carbocycles. The Morgan fingerprint density at radius 1 is 0.964 bits per heavy atom. The predicted octanol–water partition coefficient (Wildman–Crippen LogP) is 4.34.